The molecule has 9 heteroatoms. The predicted molar refractivity (Wildman–Crippen MR) is 117 cm³/mol. The van der Waals surface area contributed by atoms with Gasteiger partial charge in [-0.1, -0.05) is 0 Å². The van der Waals surface area contributed by atoms with Crippen LogP contribution in [0, 0.1) is 0 Å². The van der Waals surface area contributed by atoms with Gasteiger partial charge in [0.1, 0.15) is 5.75 Å². The number of amides is 2. The van der Waals surface area contributed by atoms with Crippen LogP contribution in [0.2, 0.25) is 0 Å². The monoisotopic (exact) mass is 442 g/mol. The Morgan fingerprint density at radius 3 is 2.00 bits per heavy atom. The summed E-state index contributed by atoms with van der Waals surface area (Å²) >= 11 is 0. The SMILES string of the molecule is CCOc1ccc(NC(=O)CCCC(=O)OCC(=O)Nc2ccc(C(=O)OC)cc2)cc1. The highest BCUT2D eigenvalue weighted by Gasteiger charge is 2.11. The first-order valence-corrected chi connectivity index (χ1v) is 10.1. The van der Waals surface area contributed by atoms with Gasteiger partial charge in [-0.2, -0.15) is 0 Å². The van der Waals surface area contributed by atoms with Crippen molar-refractivity contribution in [3.63, 3.8) is 0 Å². The van der Waals surface area contributed by atoms with Crippen molar-refractivity contribution in [1.29, 1.82) is 0 Å². The molecule has 170 valence electrons. The molecule has 0 atom stereocenters. The van der Waals surface area contributed by atoms with Crippen LogP contribution in [0.15, 0.2) is 48.5 Å². The molecule has 0 fully saturated rings. The number of hydrogen-bond acceptors (Lipinski definition) is 7. The Hall–Kier alpha value is -3.88. The third-order valence-electron chi connectivity index (χ3n) is 4.19. The van der Waals surface area contributed by atoms with Crippen molar-refractivity contribution in [2.75, 3.05) is 31.0 Å². The van der Waals surface area contributed by atoms with E-state index in [1.807, 2.05) is 6.92 Å². The first-order valence-electron chi connectivity index (χ1n) is 10.1. The van der Waals surface area contributed by atoms with Crippen LogP contribution in [0.1, 0.15) is 36.5 Å². The molecular weight excluding hydrogens is 416 g/mol. The number of ether oxygens (including phenoxy) is 3. The average molecular weight is 442 g/mol. The zero-order valence-electron chi connectivity index (χ0n) is 18.0. The Morgan fingerprint density at radius 1 is 0.812 bits per heavy atom. The number of hydrogen-bond donors (Lipinski definition) is 2. The van der Waals surface area contributed by atoms with Gasteiger partial charge in [-0.3, -0.25) is 14.4 Å². The third kappa shape index (κ3) is 8.47. The van der Waals surface area contributed by atoms with E-state index in [-0.39, 0.29) is 25.2 Å². The molecule has 0 aliphatic heterocycles. The molecule has 0 spiro atoms. The summed E-state index contributed by atoms with van der Waals surface area (Å²) in [5.74, 6) is -1.08. The predicted octanol–water partition coefficient (Wildman–Crippen LogP) is 3.16. The molecule has 0 saturated carbocycles. The summed E-state index contributed by atoms with van der Waals surface area (Å²) in [6.07, 6.45) is 0.442. The first kappa shape index (κ1) is 24.4. The van der Waals surface area contributed by atoms with Gasteiger partial charge in [-0.25, -0.2) is 4.79 Å². The lowest BCUT2D eigenvalue weighted by Gasteiger charge is -2.08. The second-order valence-electron chi connectivity index (χ2n) is 6.64. The molecule has 0 aromatic heterocycles. The normalized spacial score (nSPS) is 10.1. The lowest BCUT2D eigenvalue weighted by atomic mass is 10.2. The van der Waals surface area contributed by atoms with Gasteiger partial charge in [0.25, 0.3) is 5.91 Å². The summed E-state index contributed by atoms with van der Waals surface area (Å²) in [5.41, 5.74) is 1.44. The maximum atomic E-state index is 12.0. The number of carbonyl (C=O) groups excluding carboxylic acids is 4. The summed E-state index contributed by atoms with van der Waals surface area (Å²) in [4.78, 5) is 47.0. The molecule has 2 aromatic carbocycles. The van der Waals surface area contributed by atoms with E-state index < -0.39 is 24.5 Å². The van der Waals surface area contributed by atoms with Crippen LogP contribution in [0.4, 0.5) is 11.4 Å². The molecule has 2 aromatic rings. The summed E-state index contributed by atoms with van der Waals surface area (Å²) in [7, 11) is 1.28. The molecule has 0 aliphatic rings. The van der Waals surface area contributed by atoms with Crippen LogP contribution in [0.3, 0.4) is 0 Å². The Balaban J connectivity index is 1.63. The molecular formula is C23H26N2O7. The fourth-order valence-electron chi connectivity index (χ4n) is 2.64. The van der Waals surface area contributed by atoms with Crippen LogP contribution in [-0.4, -0.2) is 44.1 Å². The number of carbonyl (C=O) groups is 4. The average Bonchev–Trinajstić information content (AvgIpc) is 2.79. The minimum atomic E-state index is -0.574. The van der Waals surface area contributed by atoms with Crippen molar-refractivity contribution >= 4 is 35.1 Å². The highest BCUT2D eigenvalue weighted by atomic mass is 16.5. The zero-order chi connectivity index (χ0) is 23.3. The van der Waals surface area contributed by atoms with Crippen molar-refractivity contribution in [3.05, 3.63) is 54.1 Å². The summed E-state index contributed by atoms with van der Waals surface area (Å²) < 4.78 is 14.9. The Kier molecular flexibility index (Phi) is 9.70. The molecule has 0 heterocycles. The molecule has 2 N–H and O–H groups in total. The van der Waals surface area contributed by atoms with Gasteiger partial charge in [-0.05, 0) is 61.9 Å². The van der Waals surface area contributed by atoms with E-state index in [1.165, 1.54) is 31.4 Å². The van der Waals surface area contributed by atoms with E-state index in [2.05, 4.69) is 15.4 Å². The molecule has 2 amide bonds. The topological polar surface area (TPSA) is 120 Å². The lowest BCUT2D eigenvalue weighted by Crippen LogP contribution is -2.21. The Bertz CT molecular complexity index is 924. The van der Waals surface area contributed by atoms with Crippen LogP contribution in [-0.2, 0) is 23.9 Å². The zero-order valence-corrected chi connectivity index (χ0v) is 18.0. The van der Waals surface area contributed by atoms with Gasteiger partial charge in [-0.15, -0.1) is 0 Å². The molecule has 0 bridgehead atoms. The fraction of sp³-hybridized carbons (Fsp3) is 0.304. The van der Waals surface area contributed by atoms with E-state index in [9.17, 15) is 19.2 Å². The van der Waals surface area contributed by atoms with Gasteiger partial charge in [0.05, 0.1) is 19.3 Å². The van der Waals surface area contributed by atoms with E-state index in [0.717, 1.165) is 5.75 Å². The van der Waals surface area contributed by atoms with E-state index >= 15 is 0 Å². The highest BCUT2D eigenvalue weighted by molar-refractivity contribution is 5.94. The second-order valence-corrected chi connectivity index (χ2v) is 6.64. The third-order valence-corrected chi connectivity index (χ3v) is 4.19. The summed E-state index contributed by atoms with van der Waals surface area (Å²) in [6, 6.07) is 13.1. The number of benzene rings is 2. The van der Waals surface area contributed by atoms with Crippen LogP contribution in [0.25, 0.3) is 0 Å². The smallest absolute Gasteiger partial charge is 0.337 e. The highest BCUT2D eigenvalue weighted by Crippen LogP contribution is 2.16. The maximum absolute atomic E-state index is 12.0. The van der Waals surface area contributed by atoms with Crippen LogP contribution in [0.5, 0.6) is 5.75 Å². The van der Waals surface area contributed by atoms with Crippen molar-refractivity contribution in [2.24, 2.45) is 0 Å². The van der Waals surface area contributed by atoms with Gasteiger partial charge in [0, 0.05) is 24.2 Å². The standard InChI is InChI=1S/C23H26N2O7/c1-3-31-19-13-11-18(12-14-19)24-20(26)5-4-6-22(28)32-15-21(27)25-17-9-7-16(8-10-17)23(29)30-2/h7-14H,3-6,15H2,1-2H3,(H,24,26)(H,25,27). The first-order chi connectivity index (χ1) is 15.4. The summed E-state index contributed by atoms with van der Waals surface area (Å²) in [6.45, 7) is 2.00. The lowest BCUT2D eigenvalue weighted by molar-refractivity contribution is -0.147. The van der Waals surface area contributed by atoms with Crippen molar-refractivity contribution in [1.82, 2.24) is 0 Å². The number of esters is 2. The van der Waals surface area contributed by atoms with E-state index in [4.69, 9.17) is 9.47 Å². The van der Waals surface area contributed by atoms with Gasteiger partial charge in [0.2, 0.25) is 5.91 Å². The molecule has 0 saturated heterocycles. The van der Waals surface area contributed by atoms with Gasteiger partial charge < -0.3 is 24.8 Å². The molecule has 0 aliphatic carbocycles. The molecule has 9 nitrogen and oxygen atoms in total. The van der Waals surface area contributed by atoms with Crippen molar-refractivity contribution in [3.8, 4) is 5.75 Å². The maximum Gasteiger partial charge on any atom is 0.337 e. The number of rotatable bonds is 11. The molecule has 0 unspecified atom stereocenters. The van der Waals surface area contributed by atoms with Gasteiger partial charge in [0.15, 0.2) is 6.61 Å². The molecule has 2 rings (SSSR count). The molecule has 0 radical (unpaired) electrons. The Morgan fingerprint density at radius 2 is 1.41 bits per heavy atom. The fourth-order valence-corrected chi connectivity index (χ4v) is 2.64. The van der Waals surface area contributed by atoms with Crippen LogP contribution >= 0.6 is 0 Å². The van der Waals surface area contributed by atoms with Crippen molar-refractivity contribution < 1.29 is 33.4 Å². The quantitative estimate of drug-likeness (QED) is 0.513. The largest absolute Gasteiger partial charge is 0.494 e. The summed E-state index contributed by atoms with van der Waals surface area (Å²) in [5, 5.41) is 5.29. The van der Waals surface area contributed by atoms with E-state index in [1.54, 1.807) is 24.3 Å². The van der Waals surface area contributed by atoms with E-state index in [0.29, 0.717) is 23.5 Å². The minimum absolute atomic E-state index is 0.0117. The van der Waals surface area contributed by atoms with Crippen LogP contribution < -0.4 is 15.4 Å². The number of anilines is 2. The molecule has 32 heavy (non-hydrogen) atoms. The van der Waals surface area contributed by atoms with Gasteiger partial charge >= 0.3 is 11.9 Å². The Labute approximate surface area is 186 Å². The number of nitrogens with one attached hydrogen (secondary N) is 2. The number of methoxy groups -OCH3 is 1. The minimum Gasteiger partial charge on any atom is -0.494 e. The van der Waals surface area contributed by atoms with Crippen molar-refractivity contribution in [2.45, 2.75) is 26.2 Å². The second kappa shape index (κ2) is 12.7.